The Bertz CT molecular complexity index is 471. The van der Waals surface area contributed by atoms with E-state index in [4.69, 9.17) is 5.73 Å². The number of hydrogen-bond acceptors (Lipinski definition) is 2. The minimum absolute atomic E-state index is 0.0884. The molecule has 0 radical (unpaired) electrons. The molecule has 2 N–H and O–H groups in total. The molecular weight excluding hydrogens is 272 g/mol. The van der Waals surface area contributed by atoms with Crippen LogP contribution in [-0.2, 0) is 0 Å². The summed E-state index contributed by atoms with van der Waals surface area (Å²) < 4.78 is 51.8. The van der Waals surface area contributed by atoms with Gasteiger partial charge < -0.3 is 10.6 Å². The van der Waals surface area contributed by atoms with Crippen molar-refractivity contribution < 1.29 is 17.6 Å². The summed E-state index contributed by atoms with van der Waals surface area (Å²) in [7, 11) is 0. The van der Waals surface area contributed by atoms with Gasteiger partial charge in [0.05, 0.1) is 5.92 Å². The highest BCUT2D eigenvalue weighted by Crippen LogP contribution is 2.36. The lowest BCUT2D eigenvalue weighted by molar-refractivity contribution is -0.176. The summed E-state index contributed by atoms with van der Waals surface area (Å²) in [4.78, 5) is 1.67. The molecule has 0 aliphatic carbocycles. The predicted molar refractivity (Wildman–Crippen MR) is 70.0 cm³/mol. The zero-order valence-electron chi connectivity index (χ0n) is 11.3. The maximum Gasteiger partial charge on any atom is 0.393 e. The lowest BCUT2D eigenvalue weighted by atomic mass is 9.95. The van der Waals surface area contributed by atoms with Crippen molar-refractivity contribution in [3.63, 3.8) is 0 Å². The zero-order valence-corrected chi connectivity index (χ0v) is 11.3. The fourth-order valence-electron chi connectivity index (χ4n) is 2.64. The summed E-state index contributed by atoms with van der Waals surface area (Å²) in [5.41, 5.74) is 6.95. The van der Waals surface area contributed by atoms with E-state index in [9.17, 15) is 17.6 Å². The van der Waals surface area contributed by atoms with Crippen LogP contribution in [0.15, 0.2) is 18.2 Å². The van der Waals surface area contributed by atoms with Gasteiger partial charge >= 0.3 is 6.18 Å². The molecule has 1 saturated heterocycles. The topological polar surface area (TPSA) is 29.3 Å². The minimum Gasteiger partial charge on any atom is -0.371 e. The smallest absolute Gasteiger partial charge is 0.371 e. The van der Waals surface area contributed by atoms with Crippen LogP contribution in [0, 0.1) is 11.7 Å². The molecule has 112 valence electrons. The quantitative estimate of drug-likeness (QED) is 0.843. The maximum absolute atomic E-state index is 13.3. The van der Waals surface area contributed by atoms with Gasteiger partial charge in [0, 0.05) is 24.8 Å². The van der Waals surface area contributed by atoms with Gasteiger partial charge in [0.15, 0.2) is 0 Å². The summed E-state index contributed by atoms with van der Waals surface area (Å²) in [5.74, 6) is -1.76. The predicted octanol–water partition coefficient (Wildman–Crippen LogP) is 3.62. The Balaban J connectivity index is 2.27. The molecular formula is C14H18F4N2. The molecule has 1 heterocycles. The average molecular weight is 290 g/mol. The Labute approximate surface area is 115 Å². The lowest BCUT2D eigenvalue weighted by Gasteiger charge is -2.36. The van der Waals surface area contributed by atoms with Gasteiger partial charge in [0.1, 0.15) is 5.82 Å². The molecule has 2 nitrogen and oxygen atoms in total. The minimum atomic E-state index is -4.19. The fraction of sp³-hybridized carbons (Fsp3) is 0.571. The molecule has 1 aliphatic rings. The van der Waals surface area contributed by atoms with E-state index < -0.39 is 24.0 Å². The molecule has 20 heavy (non-hydrogen) atoms. The van der Waals surface area contributed by atoms with E-state index in [0.29, 0.717) is 24.2 Å². The van der Waals surface area contributed by atoms with Gasteiger partial charge in [0.25, 0.3) is 0 Å². The fourth-order valence-corrected chi connectivity index (χ4v) is 2.64. The highest BCUT2D eigenvalue weighted by atomic mass is 19.4. The van der Waals surface area contributed by atoms with Crippen molar-refractivity contribution in [3.8, 4) is 0 Å². The van der Waals surface area contributed by atoms with Gasteiger partial charge in [-0.1, -0.05) is 0 Å². The first-order chi connectivity index (χ1) is 9.29. The van der Waals surface area contributed by atoms with Crippen LogP contribution in [-0.4, -0.2) is 19.3 Å². The molecule has 0 bridgehead atoms. The van der Waals surface area contributed by atoms with Crippen LogP contribution in [0.2, 0.25) is 0 Å². The number of benzene rings is 1. The van der Waals surface area contributed by atoms with Gasteiger partial charge in [-0.2, -0.15) is 13.2 Å². The van der Waals surface area contributed by atoms with E-state index in [-0.39, 0.29) is 13.0 Å². The molecule has 0 spiro atoms. The van der Waals surface area contributed by atoms with Gasteiger partial charge in [0.2, 0.25) is 0 Å². The van der Waals surface area contributed by atoms with Crippen LogP contribution >= 0.6 is 0 Å². The van der Waals surface area contributed by atoms with E-state index in [1.165, 1.54) is 18.2 Å². The third-order valence-electron chi connectivity index (χ3n) is 3.71. The van der Waals surface area contributed by atoms with E-state index in [2.05, 4.69) is 0 Å². The molecule has 0 amide bonds. The molecule has 1 fully saturated rings. The second kappa shape index (κ2) is 5.60. The molecule has 1 unspecified atom stereocenters. The lowest BCUT2D eigenvalue weighted by Crippen LogP contribution is -2.42. The normalized spacial score (nSPS) is 21.9. The summed E-state index contributed by atoms with van der Waals surface area (Å²) >= 11 is 0. The Morgan fingerprint density at radius 1 is 1.35 bits per heavy atom. The van der Waals surface area contributed by atoms with Crippen molar-refractivity contribution in [2.75, 3.05) is 18.0 Å². The van der Waals surface area contributed by atoms with Gasteiger partial charge in [-0.15, -0.1) is 0 Å². The Kier molecular flexibility index (Phi) is 4.22. The number of anilines is 1. The number of piperidine rings is 1. The molecule has 1 aromatic carbocycles. The van der Waals surface area contributed by atoms with E-state index in [1.54, 1.807) is 11.8 Å². The van der Waals surface area contributed by atoms with E-state index in [0.717, 1.165) is 0 Å². The second-order valence-corrected chi connectivity index (χ2v) is 5.32. The van der Waals surface area contributed by atoms with Crippen molar-refractivity contribution in [1.29, 1.82) is 0 Å². The number of nitrogens with zero attached hydrogens (tertiary/aromatic N) is 1. The first-order valence-corrected chi connectivity index (χ1v) is 6.65. The van der Waals surface area contributed by atoms with Gasteiger partial charge in [-0.05, 0) is 43.5 Å². The second-order valence-electron chi connectivity index (χ2n) is 5.32. The molecule has 0 aromatic heterocycles. The average Bonchev–Trinajstić information content (AvgIpc) is 2.37. The summed E-state index contributed by atoms with van der Waals surface area (Å²) in [6.45, 7) is 2.15. The molecule has 1 aliphatic heterocycles. The van der Waals surface area contributed by atoms with Crippen LogP contribution in [0.25, 0.3) is 0 Å². The van der Waals surface area contributed by atoms with Crippen LogP contribution in [0.4, 0.5) is 23.2 Å². The highest BCUT2D eigenvalue weighted by molar-refractivity contribution is 5.55. The van der Waals surface area contributed by atoms with Crippen molar-refractivity contribution in [2.45, 2.75) is 32.0 Å². The van der Waals surface area contributed by atoms with Gasteiger partial charge in [-0.25, -0.2) is 4.39 Å². The number of alkyl halides is 3. The molecule has 2 rings (SSSR count). The first-order valence-electron chi connectivity index (χ1n) is 6.65. The summed E-state index contributed by atoms with van der Waals surface area (Å²) in [6, 6.07) is 3.66. The monoisotopic (exact) mass is 290 g/mol. The number of nitrogens with two attached hydrogens (primary N) is 1. The SMILES string of the molecule is C[C@H](N)c1cc(F)ccc1N1CCCC(C(F)(F)F)C1. The molecule has 0 saturated carbocycles. The highest BCUT2D eigenvalue weighted by Gasteiger charge is 2.42. The van der Waals surface area contributed by atoms with Gasteiger partial charge in [-0.3, -0.25) is 0 Å². The Morgan fingerprint density at radius 3 is 2.65 bits per heavy atom. The van der Waals surface area contributed by atoms with Crippen LogP contribution < -0.4 is 10.6 Å². The number of hydrogen-bond donors (Lipinski definition) is 1. The summed E-state index contributed by atoms with van der Waals surface area (Å²) in [5, 5.41) is 0. The van der Waals surface area contributed by atoms with Crippen LogP contribution in [0.1, 0.15) is 31.4 Å². The third-order valence-corrected chi connectivity index (χ3v) is 3.71. The first kappa shape index (κ1) is 15.1. The molecule has 1 aromatic rings. The molecule has 6 heteroatoms. The standard InChI is InChI=1S/C14H18F4N2/c1-9(19)12-7-11(15)4-5-13(12)20-6-2-3-10(8-20)14(16,17)18/h4-5,7,9-10H,2-3,6,8,19H2,1H3/t9-,10?/m0/s1. The summed E-state index contributed by atoms with van der Waals surface area (Å²) in [6.07, 6.45) is -3.57. The maximum atomic E-state index is 13.3. The van der Waals surface area contributed by atoms with Crippen LogP contribution in [0.5, 0.6) is 0 Å². The van der Waals surface area contributed by atoms with Crippen molar-refractivity contribution in [2.24, 2.45) is 11.7 Å². The van der Waals surface area contributed by atoms with E-state index >= 15 is 0 Å². The van der Waals surface area contributed by atoms with Crippen LogP contribution in [0.3, 0.4) is 0 Å². The van der Waals surface area contributed by atoms with E-state index in [1.807, 2.05) is 0 Å². The van der Waals surface area contributed by atoms with Crippen molar-refractivity contribution in [1.82, 2.24) is 0 Å². The largest absolute Gasteiger partial charge is 0.393 e. The number of rotatable bonds is 2. The Hall–Kier alpha value is -1.30. The Morgan fingerprint density at radius 2 is 2.05 bits per heavy atom. The molecule has 2 atom stereocenters. The third kappa shape index (κ3) is 3.23. The number of halogens is 4. The van der Waals surface area contributed by atoms with Crippen molar-refractivity contribution >= 4 is 5.69 Å². The van der Waals surface area contributed by atoms with Crippen molar-refractivity contribution in [3.05, 3.63) is 29.6 Å². The zero-order chi connectivity index (χ0) is 14.9.